The van der Waals surface area contributed by atoms with Crippen molar-refractivity contribution in [1.29, 1.82) is 0 Å². The van der Waals surface area contributed by atoms with E-state index in [1.807, 2.05) is 0 Å². The quantitative estimate of drug-likeness (QED) is 0.370. The number of allylic oxidation sites excluding steroid dienone is 1. The van der Waals surface area contributed by atoms with Crippen LogP contribution in [0.3, 0.4) is 0 Å². The summed E-state index contributed by atoms with van der Waals surface area (Å²) in [5.41, 5.74) is 0.820. The van der Waals surface area contributed by atoms with Crippen LogP contribution in [0.15, 0.2) is 23.4 Å². The van der Waals surface area contributed by atoms with E-state index in [0.717, 1.165) is 0 Å². The van der Waals surface area contributed by atoms with Crippen LogP contribution < -0.4 is 14.8 Å². The van der Waals surface area contributed by atoms with E-state index in [-0.39, 0.29) is 29.4 Å². The van der Waals surface area contributed by atoms with Gasteiger partial charge in [0.25, 0.3) is 5.69 Å². The fourth-order valence-corrected chi connectivity index (χ4v) is 3.03. The number of nitrogens with zero attached hydrogens (tertiary/aromatic N) is 2. The summed E-state index contributed by atoms with van der Waals surface area (Å²) in [6, 6.07) is 1.93. The number of rotatable bonds is 3. The number of nitro benzene ring substituents is 1. The van der Waals surface area contributed by atoms with Crippen LogP contribution in [0, 0.1) is 10.1 Å². The van der Waals surface area contributed by atoms with Gasteiger partial charge in [0.05, 0.1) is 35.3 Å². The smallest absolute Gasteiger partial charge is 0.337 e. The first-order valence-corrected chi connectivity index (χ1v) is 7.67. The van der Waals surface area contributed by atoms with E-state index in [1.165, 1.54) is 19.2 Å². The molecule has 0 saturated heterocycles. The largest absolute Gasteiger partial charge is 0.466 e. The number of carbonyl (C=O) groups is 1. The Morgan fingerprint density at radius 3 is 2.68 bits per heavy atom. The van der Waals surface area contributed by atoms with Gasteiger partial charge in [-0.1, -0.05) is 0 Å². The fraction of sp³-hybridized carbons (Fsp3) is 0.333. The Hall–Kier alpha value is -2.88. The first-order valence-electron chi connectivity index (χ1n) is 7.26. The Labute approximate surface area is 148 Å². The monoisotopic (exact) mass is 365 g/mol. The molecule has 1 N–H and O–H groups in total. The maximum Gasteiger partial charge on any atom is 0.337 e. The van der Waals surface area contributed by atoms with E-state index >= 15 is 0 Å². The van der Waals surface area contributed by atoms with Gasteiger partial charge in [0.1, 0.15) is 0 Å². The van der Waals surface area contributed by atoms with Crippen LogP contribution in [0.4, 0.5) is 5.69 Å². The van der Waals surface area contributed by atoms with E-state index in [0.29, 0.717) is 16.6 Å². The van der Waals surface area contributed by atoms with Gasteiger partial charge in [-0.2, -0.15) is 0 Å². The van der Waals surface area contributed by atoms with Crippen LogP contribution in [0.2, 0.25) is 0 Å². The zero-order chi connectivity index (χ0) is 18.3. The number of thiocarbonyl (C=S) groups is 1. The van der Waals surface area contributed by atoms with Gasteiger partial charge in [0.2, 0.25) is 6.79 Å². The maximum absolute atomic E-state index is 12.3. The Morgan fingerprint density at radius 1 is 1.44 bits per heavy atom. The topological polar surface area (TPSA) is 103 Å². The Balaban J connectivity index is 2.21. The third-order valence-corrected chi connectivity index (χ3v) is 4.58. The minimum absolute atomic E-state index is 0.0199. The fourth-order valence-electron chi connectivity index (χ4n) is 2.78. The summed E-state index contributed by atoms with van der Waals surface area (Å²) in [7, 11) is 2.94. The Kier molecular flexibility index (Phi) is 4.21. The number of fused-ring (bicyclic) bond motifs is 1. The molecular weight excluding hydrogens is 350 g/mol. The molecule has 0 radical (unpaired) electrons. The molecule has 0 saturated carbocycles. The summed E-state index contributed by atoms with van der Waals surface area (Å²) >= 11 is 5.27. The lowest BCUT2D eigenvalue weighted by atomic mass is 9.93. The van der Waals surface area contributed by atoms with Crippen molar-refractivity contribution in [2.75, 3.05) is 21.0 Å². The first-order chi connectivity index (χ1) is 11.8. The molecule has 2 aliphatic rings. The lowest BCUT2D eigenvalue weighted by Gasteiger charge is -2.35. The molecule has 10 heteroatoms. The molecule has 9 nitrogen and oxygen atoms in total. The second kappa shape index (κ2) is 6.20. The van der Waals surface area contributed by atoms with Gasteiger partial charge in [-0.3, -0.25) is 10.1 Å². The first kappa shape index (κ1) is 17.0. The van der Waals surface area contributed by atoms with E-state index < -0.39 is 16.9 Å². The lowest BCUT2D eigenvalue weighted by Crippen LogP contribution is -2.46. The number of ether oxygens (including phenoxy) is 3. The number of hydrogen-bond acceptors (Lipinski definition) is 7. The molecule has 25 heavy (non-hydrogen) atoms. The number of nitrogens with one attached hydrogen (secondary N) is 1. The van der Waals surface area contributed by atoms with Crippen LogP contribution in [-0.2, 0) is 9.53 Å². The van der Waals surface area contributed by atoms with Crippen LogP contribution in [0.25, 0.3) is 0 Å². The van der Waals surface area contributed by atoms with Gasteiger partial charge in [0.15, 0.2) is 16.6 Å². The summed E-state index contributed by atoms with van der Waals surface area (Å²) < 4.78 is 15.4. The summed E-state index contributed by atoms with van der Waals surface area (Å²) in [5, 5.41) is 14.8. The van der Waals surface area contributed by atoms with Crippen LogP contribution >= 0.6 is 12.2 Å². The number of esters is 1. The summed E-state index contributed by atoms with van der Waals surface area (Å²) in [6.45, 7) is 1.68. The van der Waals surface area contributed by atoms with Crippen molar-refractivity contribution in [2.24, 2.45) is 0 Å². The van der Waals surface area contributed by atoms with Gasteiger partial charge in [0, 0.05) is 12.7 Å². The minimum atomic E-state index is -0.842. The number of benzene rings is 1. The third-order valence-electron chi connectivity index (χ3n) is 4.19. The highest BCUT2D eigenvalue weighted by Crippen LogP contribution is 2.43. The third kappa shape index (κ3) is 2.74. The SMILES string of the molecule is COC(=O)C1=C(C)N(C)C(=S)N[C@H]1c1cc2c(cc1[N+](=O)[O-])OCO2. The van der Waals surface area contributed by atoms with Crippen molar-refractivity contribution in [1.82, 2.24) is 10.2 Å². The highest BCUT2D eigenvalue weighted by molar-refractivity contribution is 7.80. The van der Waals surface area contributed by atoms with Crippen LogP contribution in [0.1, 0.15) is 18.5 Å². The van der Waals surface area contributed by atoms with E-state index in [2.05, 4.69) is 5.32 Å². The minimum Gasteiger partial charge on any atom is -0.466 e. The molecule has 1 aromatic rings. The predicted molar refractivity (Wildman–Crippen MR) is 90.2 cm³/mol. The van der Waals surface area contributed by atoms with Gasteiger partial charge in [-0.25, -0.2) is 4.79 Å². The summed E-state index contributed by atoms with van der Waals surface area (Å²) in [5.74, 6) is 0.0525. The molecule has 0 bridgehead atoms. The van der Waals surface area contributed by atoms with Crippen LogP contribution in [0.5, 0.6) is 11.5 Å². The summed E-state index contributed by atoms with van der Waals surface area (Å²) in [6.07, 6.45) is 0. The average Bonchev–Trinajstić information content (AvgIpc) is 3.05. The molecular formula is C15H15N3O6S. The highest BCUT2D eigenvalue weighted by atomic mass is 32.1. The second-order valence-electron chi connectivity index (χ2n) is 5.45. The van der Waals surface area contributed by atoms with E-state index in [9.17, 15) is 14.9 Å². The maximum atomic E-state index is 12.3. The van der Waals surface area contributed by atoms with Crippen molar-refractivity contribution in [3.8, 4) is 11.5 Å². The zero-order valence-electron chi connectivity index (χ0n) is 13.7. The number of hydrogen-bond donors (Lipinski definition) is 1. The van der Waals surface area contributed by atoms with Crippen molar-refractivity contribution < 1.29 is 23.9 Å². The van der Waals surface area contributed by atoms with E-state index in [1.54, 1.807) is 18.9 Å². The predicted octanol–water partition coefficient (Wildman–Crippen LogP) is 1.63. The van der Waals surface area contributed by atoms with Crippen molar-refractivity contribution in [2.45, 2.75) is 13.0 Å². The molecule has 0 unspecified atom stereocenters. The molecule has 0 spiro atoms. The van der Waals surface area contributed by atoms with Gasteiger partial charge in [-0.15, -0.1) is 0 Å². The molecule has 3 rings (SSSR count). The molecule has 0 aromatic heterocycles. The molecule has 0 fully saturated rings. The van der Waals surface area contributed by atoms with Gasteiger partial charge >= 0.3 is 5.97 Å². The number of methoxy groups -OCH3 is 1. The molecule has 0 aliphatic carbocycles. The van der Waals surface area contributed by atoms with Crippen molar-refractivity contribution in [3.63, 3.8) is 0 Å². The van der Waals surface area contributed by atoms with Crippen LogP contribution in [-0.4, -0.2) is 41.9 Å². The average molecular weight is 365 g/mol. The lowest BCUT2D eigenvalue weighted by molar-refractivity contribution is -0.385. The standard InChI is InChI=1S/C15H15N3O6S/c1-7-12(14(19)22-3)13(16-15(25)17(7)2)8-4-10-11(24-6-23-10)5-9(8)18(20)21/h4-5,13H,6H2,1-3H3,(H,16,25)/t13-/m0/s1. The number of carbonyl (C=O) groups excluding carboxylic acids is 1. The molecule has 2 heterocycles. The number of nitro groups is 1. The Morgan fingerprint density at radius 2 is 2.08 bits per heavy atom. The molecule has 0 amide bonds. The Bertz CT molecular complexity index is 822. The second-order valence-corrected chi connectivity index (χ2v) is 5.84. The summed E-state index contributed by atoms with van der Waals surface area (Å²) in [4.78, 5) is 24.9. The molecule has 1 atom stereocenters. The normalized spacial score (nSPS) is 18.9. The van der Waals surface area contributed by atoms with Gasteiger partial charge in [-0.05, 0) is 25.2 Å². The molecule has 2 aliphatic heterocycles. The van der Waals surface area contributed by atoms with Crippen molar-refractivity contribution in [3.05, 3.63) is 39.1 Å². The molecule has 132 valence electrons. The molecule has 1 aromatic carbocycles. The van der Waals surface area contributed by atoms with E-state index in [4.69, 9.17) is 26.4 Å². The zero-order valence-corrected chi connectivity index (χ0v) is 14.5. The van der Waals surface area contributed by atoms with Gasteiger partial charge < -0.3 is 24.4 Å². The van der Waals surface area contributed by atoms with Crippen molar-refractivity contribution >= 4 is 29.0 Å². The highest BCUT2D eigenvalue weighted by Gasteiger charge is 2.38.